The maximum absolute atomic E-state index is 13.2. The van der Waals surface area contributed by atoms with Gasteiger partial charge in [-0.05, 0) is 55.0 Å². The van der Waals surface area contributed by atoms with E-state index in [-0.39, 0.29) is 10.8 Å². The highest BCUT2D eigenvalue weighted by molar-refractivity contribution is 7.98. The van der Waals surface area contributed by atoms with Crippen LogP contribution in [0.15, 0.2) is 65.6 Å². The summed E-state index contributed by atoms with van der Waals surface area (Å²) in [5, 5.41) is 0. The van der Waals surface area contributed by atoms with Crippen LogP contribution in [-0.4, -0.2) is 50.4 Å². The molecule has 3 rings (SSSR count). The Morgan fingerprint density at radius 2 is 1.83 bits per heavy atom. The Balaban J connectivity index is 1.73. The van der Waals surface area contributed by atoms with Crippen LogP contribution >= 0.6 is 11.8 Å². The maximum atomic E-state index is 13.2. The summed E-state index contributed by atoms with van der Waals surface area (Å²) in [6.07, 6.45) is 5.23. The second kappa shape index (κ2) is 10.3. The van der Waals surface area contributed by atoms with Crippen LogP contribution in [0.1, 0.15) is 24.0 Å². The molecule has 0 radical (unpaired) electrons. The van der Waals surface area contributed by atoms with Gasteiger partial charge in [-0.15, -0.1) is 0 Å². The number of benzene rings is 2. The molecule has 0 saturated carbocycles. The first-order valence-corrected chi connectivity index (χ1v) is 12.9. The SMILES string of the molecule is CSCC[C@@H](NS(=O)(=O)c1ccc(C)cc1)C(=O)N1CC=C(c2ccccc2)CC1. The quantitative estimate of drug-likeness (QED) is 0.674. The molecule has 2 aromatic rings. The zero-order chi connectivity index (χ0) is 21.6. The number of aryl methyl sites for hydroxylation is 1. The molecule has 0 spiro atoms. The predicted octanol–water partition coefficient (Wildman–Crippen LogP) is 3.71. The fourth-order valence-corrected chi connectivity index (χ4v) is 5.14. The highest BCUT2D eigenvalue weighted by Gasteiger charge is 2.29. The number of sulfonamides is 1. The van der Waals surface area contributed by atoms with Crippen LogP contribution in [0.4, 0.5) is 0 Å². The molecule has 1 aliphatic rings. The third-order valence-corrected chi connectivity index (χ3v) is 7.33. The highest BCUT2D eigenvalue weighted by atomic mass is 32.2. The van der Waals surface area contributed by atoms with Crippen LogP contribution in [0.5, 0.6) is 0 Å². The summed E-state index contributed by atoms with van der Waals surface area (Å²) in [6.45, 7) is 2.98. The van der Waals surface area contributed by atoms with Crippen LogP contribution in [0.3, 0.4) is 0 Å². The van der Waals surface area contributed by atoms with Gasteiger partial charge in [-0.1, -0.05) is 54.1 Å². The number of carbonyl (C=O) groups excluding carboxylic acids is 1. The Morgan fingerprint density at radius 1 is 1.13 bits per heavy atom. The molecule has 2 aromatic carbocycles. The van der Waals surface area contributed by atoms with E-state index in [0.29, 0.717) is 25.3 Å². The Kier molecular flexibility index (Phi) is 7.75. The molecule has 1 amide bonds. The van der Waals surface area contributed by atoms with Crippen molar-refractivity contribution in [2.75, 3.05) is 25.1 Å². The van der Waals surface area contributed by atoms with E-state index in [2.05, 4.69) is 22.9 Å². The van der Waals surface area contributed by atoms with E-state index < -0.39 is 16.1 Å². The fourth-order valence-electron chi connectivity index (χ4n) is 3.45. The summed E-state index contributed by atoms with van der Waals surface area (Å²) in [6, 6.07) is 16.0. The molecule has 1 N–H and O–H groups in total. The molecular formula is C23H28N2O3S2. The minimum Gasteiger partial charge on any atom is -0.337 e. The number of hydrogen-bond acceptors (Lipinski definition) is 4. The molecule has 0 aromatic heterocycles. The molecule has 0 fully saturated rings. The number of hydrogen-bond donors (Lipinski definition) is 1. The third-order valence-electron chi connectivity index (χ3n) is 5.20. The van der Waals surface area contributed by atoms with Crippen LogP contribution in [0.25, 0.3) is 5.57 Å². The van der Waals surface area contributed by atoms with Gasteiger partial charge in [-0.25, -0.2) is 8.42 Å². The van der Waals surface area contributed by atoms with Crippen LogP contribution in [-0.2, 0) is 14.8 Å². The van der Waals surface area contributed by atoms with E-state index in [4.69, 9.17) is 0 Å². The highest BCUT2D eigenvalue weighted by Crippen LogP contribution is 2.23. The molecule has 0 saturated heterocycles. The molecule has 0 aliphatic carbocycles. The van der Waals surface area contributed by atoms with Gasteiger partial charge >= 0.3 is 0 Å². The van der Waals surface area contributed by atoms with Gasteiger partial charge in [0.2, 0.25) is 15.9 Å². The van der Waals surface area contributed by atoms with Crippen molar-refractivity contribution in [2.24, 2.45) is 0 Å². The van der Waals surface area contributed by atoms with Gasteiger partial charge < -0.3 is 4.90 Å². The zero-order valence-corrected chi connectivity index (χ0v) is 19.0. The standard InChI is InChI=1S/C23H28N2O3S2/c1-18-8-10-21(11-9-18)30(27,28)24-22(14-17-29-2)23(26)25-15-12-20(13-16-25)19-6-4-3-5-7-19/h3-12,22,24H,13-17H2,1-2H3/t22-/m1/s1. The minimum atomic E-state index is -3.77. The number of rotatable bonds is 8. The first kappa shape index (κ1) is 22.6. The lowest BCUT2D eigenvalue weighted by molar-refractivity contribution is -0.132. The van der Waals surface area contributed by atoms with Gasteiger partial charge in [-0.2, -0.15) is 16.5 Å². The van der Waals surface area contributed by atoms with Crippen molar-refractivity contribution in [3.8, 4) is 0 Å². The first-order chi connectivity index (χ1) is 14.4. The summed E-state index contributed by atoms with van der Waals surface area (Å²) in [5.41, 5.74) is 3.38. The lowest BCUT2D eigenvalue weighted by Gasteiger charge is -2.30. The largest absolute Gasteiger partial charge is 0.337 e. The number of nitrogens with zero attached hydrogens (tertiary/aromatic N) is 1. The summed E-state index contributed by atoms with van der Waals surface area (Å²) in [5.74, 6) is 0.536. The van der Waals surface area contributed by atoms with Gasteiger partial charge in [0.05, 0.1) is 4.90 Å². The molecule has 30 heavy (non-hydrogen) atoms. The Hall–Kier alpha value is -2.09. The Labute approximate surface area is 183 Å². The summed E-state index contributed by atoms with van der Waals surface area (Å²) in [4.78, 5) is 15.1. The Morgan fingerprint density at radius 3 is 2.43 bits per heavy atom. The fraction of sp³-hybridized carbons (Fsp3) is 0.348. The summed E-state index contributed by atoms with van der Waals surface area (Å²) >= 11 is 1.60. The van der Waals surface area contributed by atoms with E-state index in [1.165, 1.54) is 11.1 Å². The molecule has 7 heteroatoms. The van der Waals surface area contributed by atoms with E-state index >= 15 is 0 Å². The van der Waals surface area contributed by atoms with Crippen molar-refractivity contribution >= 4 is 33.3 Å². The van der Waals surface area contributed by atoms with Gasteiger partial charge in [-0.3, -0.25) is 4.79 Å². The van der Waals surface area contributed by atoms with E-state index in [0.717, 1.165) is 12.0 Å². The van der Waals surface area contributed by atoms with Crippen molar-refractivity contribution in [3.63, 3.8) is 0 Å². The molecule has 1 heterocycles. The maximum Gasteiger partial charge on any atom is 0.241 e. The van der Waals surface area contributed by atoms with Gasteiger partial charge in [0, 0.05) is 13.1 Å². The molecule has 0 bridgehead atoms. The minimum absolute atomic E-state index is 0.164. The second-order valence-corrected chi connectivity index (χ2v) is 10.1. The van der Waals surface area contributed by atoms with Crippen LogP contribution < -0.4 is 4.72 Å². The topological polar surface area (TPSA) is 66.5 Å². The van der Waals surface area contributed by atoms with Crippen molar-refractivity contribution < 1.29 is 13.2 Å². The van der Waals surface area contributed by atoms with Crippen molar-refractivity contribution in [3.05, 3.63) is 71.8 Å². The molecule has 1 atom stereocenters. The van der Waals surface area contributed by atoms with E-state index in [9.17, 15) is 13.2 Å². The zero-order valence-electron chi connectivity index (χ0n) is 17.4. The summed E-state index contributed by atoms with van der Waals surface area (Å²) in [7, 11) is -3.77. The molecular weight excluding hydrogens is 416 g/mol. The number of amides is 1. The van der Waals surface area contributed by atoms with Crippen molar-refractivity contribution in [1.82, 2.24) is 9.62 Å². The van der Waals surface area contributed by atoms with E-state index in [1.54, 1.807) is 40.9 Å². The normalized spacial score (nSPS) is 15.5. The second-order valence-electron chi connectivity index (χ2n) is 7.40. The molecule has 0 unspecified atom stereocenters. The monoisotopic (exact) mass is 444 g/mol. The molecule has 5 nitrogen and oxygen atoms in total. The lowest BCUT2D eigenvalue weighted by atomic mass is 9.99. The van der Waals surface area contributed by atoms with Crippen molar-refractivity contribution in [2.45, 2.75) is 30.7 Å². The predicted molar refractivity (Wildman–Crippen MR) is 124 cm³/mol. The van der Waals surface area contributed by atoms with Crippen LogP contribution in [0.2, 0.25) is 0 Å². The first-order valence-electron chi connectivity index (χ1n) is 10.0. The number of thioether (sulfide) groups is 1. The third kappa shape index (κ3) is 5.74. The summed E-state index contributed by atoms with van der Waals surface area (Å²) < 4.78 is 28.3. The Bertz CT molecular complexity index is 987. The average Bonchev–Trinajstić information content (AvgIpc) is 2.77. The van der Waals surface area contributed by atoms with Crippen molar-refractivity contribution in [1.29, 1.82) is 0 Å². The molecule has 1 aliphatic heterocycles. The number of carbonyl (C=O) groups is 1. The average molecular weight is 445 g/mol. The van der Waals surface area contributed by atoms with Gasteiger partial charge in [0.1, 0.15) is 6.04 Å². The molecule has 160 valence electrons. The van der Waals surface area contributed by atoms with Crippen LogP contribution in [0, 0.1) is 6.92 Å². The smallest absolute Gasteiger partial charge is 0.241 e. The van der Waals surface area contributed by atoms with Gasteiger partial charge in [0.25, 0.3) is 0 Å². The van der Waals surface area contributed by atoms with E-state index in [1.807, 2.05) is 31.4 Å². The lowest BCUT2D eigenvalue weighted by Crippen LogP contribution is -2.49. The van der Waals surface area contributed by atoms with Gasteiger partial charge in [0.15, 0.2) is 0 Å². The number of nitrogens with one attached hydrogen (secondary N) is 1.